The van der Waals surface area contributed by atoms with Gasteiger partial charge in [-0.15, -0.1) is 0 Å². The number of hydrogen-bond donors (Lipinski definition) is 0. The third-order valence-corrected chi connectivity index (χ3v) is 3.90. The Kier molecular flexibility index (Phi) is 14.1. The molecule has 0 aliphatic heterocycles. The van der Waals surface area contributed by atoms with Crippen molar-refractivity contribution in [2.24, 2.45) is 5.92 Å². The van der Waals surface area contributed by atoms with E-state index in [0.717, 1.165) is 5.92 Å². The van der Waals surface area contributed by atoms with Crippen LogP contribution in [0.4, 0.5) is 0 Å². The molecule has 0 aromatic heterocycles. The summed E-state index contributed by atoms with van der Waals surface area (Å²) in [6.07, 6.45) is 18.9. The summed E-state index contributed by atoms with van der Waals surface area (Å²) in [4.78, 5) is 0. The molecule has 0 amide bonds. The van der Waals surface area contributed by atoms with Crippen molar-refractivity contribution in [2.45, 2.75) is 104 Å². The van der Waals surface area contributed by atoms with Crippen LogP contribution in [0.2, 0.25) is 0 Å². The summed E-state index contributed by atoms with van der Waals surface area (Å²) in [5, 5.41) is 0. The highest BCUT2D eigenvalue weighted by Gasteiger charge is 2.07. The van der Waals surface area contributed by atoms with Gasteiger partial charge < -0.3 is 0 Å². The monoisotopic (exact) mass is 240 g/mol. The summed E-state index contributed by atoms with van der Waals surface area (Å²) < 4.78 is 0. The highest BCUT2D eigenvalue weighted by molar-refractivity contribution is 4.60. The van der Waals surface area contributed by atoms with Gasteiger partial charge in [-0.2, -0.15) is 0 Å². The van der Waals surface area contributed by atoms with E-state index in [1.807, 2.05) is 0 Å². The van der Waals surface area contributed by atoms with E-state index in [1.54, 1.807) is 0 Å². The van der Waals surface area contributed by atoms with Crippen LogP contribution in [0, 0.1) is 5.92 Å². The molecule has 104 valence electrons. The van der Waals surface area contributed by atoms with Gasteiger partial charge in [-0.05, 0) is 5.92 Å². The van der Waals surface area contributed by atoms with E-state index in [4.69, 9.17) is 0 Å². The molecule has 0 aliphatic carbocycles. The molecule has 0 heteroatoms. The molecule has 0 aliphatic rings. The third kappa shape index (κ3) is 12.2. The molecule has 0 atom stereocenters. The maximum absolute atomic E-state index is 2.32. The molecule has 0 radical (unpaired) electrons. The minimum Gasteiger partial charge on any atom is -0.0654 e. The van der Waals surface area contributed by atoms with Crippen molar-refractivity contribution in [3.63, 3.8) is 0 Å². The molecule has 0 saturated heterocycles. The molecule has 0 aromatic rings. The molecule has 0 bridgehead atoms. The third-order valence-electron chi connectivity index (χ3n) is 3.90. The van der Waals surface area contributed by atoms with Crippen LogP contribution in [0.3, 0.4) is 0 Å². The highest BCUT2D eigenvalue weighted by atomic mass is 14.1. The first-order valence-electron chi connectivity index (χ1n) is 8.35. The normalized spacial score (nSPS) is 11.3. The van der Waals surface area contributed by atoms with E-state index >= 15 is 0 Å². The van der Waals surface area contributed by atoms with Gasteiger partial charge in [0.1, 0.15) is 0 Å². The number of rotatable bonds is 13. The topological polar surface area (TPSA) is 0 Å². The Morgan fingerprint density at radius 1 is 0.471 bits per heavy atom. The second-order valence-corrected chi connectivity index (χ2v) is 5.71. The summed E-state index contributed by atoms with van der Waals surface area (Å²) in [5.41, 5.74) is 0. The second-order valence-electron chi connectivity index (χ2n) is 5.71. The second kappa shape index (κ2) is 14.1. The van der Waals surface area contributed by atoms with Crippen LogP contribution in [0.25, 0.3) is 0 Å². The van der Waals surface area contributed by atoms with Crippen molar-refractivity contribution in [1.29, 1.82) is 0 Å². The Labute approximate surface area is 111 Å². The molecule has 0 heterocycles. The van der Waals surface area contributed by atoms with Crippen molar-refractivity contribution in [1.82, 2.24) is 0 Å². The molecule has 17 heavy (non-hydrogen) atoms. The zero-order chi connectivity index (χ0) is 12.8. The van der Waals surface area contributed by atoms with Crippen LogP contribution in [-0.4, -0.2) is 0 Å². The Morgan fingerprint density at radius 3 is 1.41 bits per heavy atom. The van der Waals surface area contributed by atoms with Gasteiger partial charge in [0.05, 0.1) is 0 Å². The van der Waals surface area contributed by atoms with Gasteiger partial charge >= 0.3 is 0 Å². The standard InChI is InChI=1S/C17H36/c1-4-7-10-11-12-13-16-17(14-8-5-2)15-9-6-3/h17H,4-16H2,1-3H3. The van der Waals surface area contributed by atoms with Crippen molar-refractivity contribution in [2.75, 3.05) is 0 Å². The molecule has 0 aromatic carbocycles. The molecule has 0 fully saturated rings. The average molecular weight is 240 g/mol. The van der Waals surface area contributed by atoms with E-state index in [1.165, 1.54) is 83.5 Å². The van der Waals surface area contributed by atoms with E-state index < -0.39 is 0 Å². The van der Waals surface area contributed by atoms with Gasteiger partial charge in [0.25, 0.3) is 0 Å². The van der Waals surface area contributed by atoms with Gasteiger partial charge in [-0.1, -0.05) is 104 Å². The van der Waals surface area contributed by atoms with E-state index in [-0.39, 0.29) is 0 Å². The van der Waals surface area contributed by atoms with Crippen molar-refractivity contribution < 1.29 is 0 Å². The van der Waals surface area contributed by atoms with E-state index in [2.05, 4.69) is 20.8 Å². The van der Waals surface area contributed by atoms with Gasteiger partial charge in [-0.3, -0.25) is 0 Å². The van der Waals surface area contributed by atoms with Gasteiger partial charge in [0.2, 0.25) is 0 Å². The largest absolute Gasteiger partial charge is 0.0654 e. The zero-order valence-corrected chi connectivity index (χ0v) is 12.8. The summed E-state index contributed by atoms with van der Waals surface area (Å²) in [6.45, 7) is 6.94. The van der Waals surface area contributed by atoms with Crippen LogP contribution in [0.1, 0.15) is 104 Å². The smallest absolute Gasteiger partial charge is 0.0414 e. The molecular weight excluding hydrogens is 204 g/mol. The maximum Gasteiger partial charge on any atom is -0.0414 e. The first kappa shape index (κ1) is 17.0. The van der Waals surface area contributed by atoms with Crippen molar-refractivity contribution in [3.05, 3.63) is 0 Å². The Balaban J connectivity index is 3.45. The summed E-state index contributed by atoms with van der Waals surface area (Å²) >= 11 is 0. The average Bonchev–Trinajstić information content (AvgIpc) is 2.35. The summed E-state index contributed by atoms with van der Waals surface area (Å²) in [5.74, 6) is 1.04. The lowest BCUT2D eigenvalue weighted by molar-refractivity contribution is 0.376. The minimum absolute atomic E-state index is 1.04. The van der Waals surface area contributed by atoms with Crippen LogP contribution < -0.4 is 0 Å². The van der Waals surface area contributed by atoms with Crippen molar-refractivity contribution in [3.8, 4) is 0 Å². The quantitative estimate of drug-likeness (QED) is 0.313. The van der Waals surface area contributed by atoms with Gasteiger partial charge in [0.15, 0.2) is 0 Å². The van der Waals surface area contributed by atoms with Crippen LogP contribution in [0.15, 0.2) is 0 Å². The Bertz CT molecular complexity index is 120. The van der Waals surface area contributed by atoms with Crippen molar-refractivity contribution >= 4 is 0 Å². The predicted octanol–water partition coefficient (Wildman–Crippen LogP) is 6.73. The fraction of sp³-hybridized carbons (Fsp3) is 1.00. The number of unbranched alkanes of at least 4 members (excludes halogenated alkanes) is 7. The summed E-state index contributed by atoms with van der Waals surface area (Å²) in [7, 11) is 0. The highest BCUT2D eigenvalue weighted by Crippen LogP contribution is 2.22. The summed E-state index contributed by atoms with van der Waals surface area (Å²) in [6, 6.07) is 0. The molecule has 0 saturated carbocycles. The lowest BCUT2D eigenvalue weighted by atomic mass is 9.90. The lowest BCUT2D eigenvalue weighted by Gasteiger charge is -2.16. The zero-order valence-electron chi connectivity index (χ0n) is 12.8. The van der Waals surface area contributed by atoms with Crippen LogP contribution >= 0.6 is 0 Å². The van der Waals surface area contributed by atoms with Crippen LogP contribution in [0.5, 0.6) is 0 Å². The SMILES string of the molecule is CCCCCCCCC(CCCC)CCCC. The van der Waals surface area contributed by atoms with E-state index in [0.29, 0.717) is 0 Å². The lowest BCUT2D eigenvalue weighted by Crippen LogP contribution is -2.00. The molecule has 0 rings (SSSR count). The van der Waals surface area contributed by atoms with Gasteiger partial charge in [-0.25, -0.2) is 0 Å². The molecule has 0 unspecified atom stereocenters. The Hall–Kier alpha value is 0. The molecular formula is C17H36. The maximum atomic E-state index is 2.32. The molecule has 0 spiro atoms. The number of hydrogen-bond acceptors (Lipinski definition) is 0. The Morgan fingerprint density at radius 2 is 0.882 bits per heavy atom. The van der Waals surface area contributed by atoms with E-state index in [9.17, 15) is 0 Å². The predicted molar refractivity (Wildman–Crippen MR) is 80.5 cm³/mol. The fourth-order valence-corrected chi connectivity index (χ4v) is 2.63. The molecule has 0 nitrogen and oxygen atoms in total. The minimum atomic E-state index is 1.04. The first-order valence-corrected chi connectivity index (χ1v) is 8.35. The first-order chi connectivity index (χ1) is 8.35. The van der Waals surface area contributed by atoms with Gasteiger partial charge in [0, 0.05) is 0 Å². The van der Waals surface area contributed by atoms with Crippen LogP contribution in [-0.2, 0) is 0 Å². The fourth-order valence-electron chi connectivity index (χ4n) is 2.63. The molecule has 0 N–H and O–H groups in total.